The van der Waals surface area contributed by atoms with Crippen LogP contribution >= 0.6 is 11.6 Å². The number of aromatic amines is 1. The third-order valence-electron chi connectivity index (χ3n) is 5.07. The molecule has 0 radical (unpaired) electrons. The molecule has 0 aliphatic heterocycles. The summed E-state index contributed by atoms with van der Waals surface area (Å²) in [6.45, 7) is 1.62. The summed E-state index contributed by atoms with van der Waals surface area (Å²) in [5.41, 5.74) is 0.865. The molecule has 0 fully saturated rings. The Kier molecular flexibility index (Phi) is 6.78. The minimum absolute atomic E-state index is 0.0144. The van der Waals surface area contributed by atoms with Crippen molar-refractivity contribution in [1.82, 2.24) is 14.7 Å². The van der Waals surface area contributed by atoms with Crippen molar-refractivity contribution in [3.05, 3.63) is 105 Å². The van der Waals surface area contributed by atoms with E-state index in [1.807, 2.05) is 6.07 Å². The third-order valence-corrected chi connectivity index (χ3v) is 6.95. The van der Waals surface area contributed by atoms with E-state index in [4.69, 9.17) is 16.3 Å². The number of para-hydroxylation sites is 1. The van der Waals surface area contributed by atoms with Gasteiger partial charge in [-0.05, 0) is 42.8 Å². The highest BCUT2D eigenvalue weighted by atomic mass is 35.5. The van der Waals surface area contributed by atoms with E-state index in [1.165, 1.54) is 12.1 Å². The number of ether oxygens (including phenoxy) is 1. The highest BCUT2D eigenvalue weighted by molar-refractivity contribution is 7.89. The summed E-state index contributed by atoms with van der Waals surface area (Å²) < 4.78 is 33.5. The number of nitrogens with one attached hydrogen (secondary N) is 2. The van der Waals surface area contributed by atoms with Crippen LogP contribution < -0.4 is 10.3 Å². The van der Waals surface area contributed by atoms with Gasteiger partial charge in [0.1, 0.15) is 4.90 Å². The first-order valence-electron chi connectivity index (χ1n) is 10.3. The molecule has 1 atom stereocenters. The number of halogens is 1. The Hall–Kier alpha value is -3.53. The molecule has 4 aromatic rings. The molecule has 1 unspecified atom stereocenters. The lowest BCUT2D eigenvalue weighted by atomic mass is 10.2. The molecular formula is C24H20ClN3O5S. The van der Waals surface area contributed by atoms with Crippen LogP contribution in [-0.4, -0.2) is 24.4 Å². The second-order valence-corrected chi connectivity index (χ2v) is 9.61. The molecule has 34 heavy (non-hydrogen) atoms. The van der Waals surface area contributed by atoms with Gasteiger partial charge in [0.25, 0.3) is 5.56 Å². The average molecular weight is 498 g/mol. The van der Waals surface area contributed by atoms with Crippen LogP contribution in [0.3, 0.4) is 0 Å². The Balaban J connectivity index is 1.54. The SMILES string of the molecule is CC(OC(=O)c1ccc(Cl)c(S(=O)(=O)NCc2ccccc2)c1)c1nc2ccccc2c(=O)[nH]1. The van der Waals surface area contributed by atoms with E-state index >= 15 is 0 Å². The summed E-state index contributed by atoms with van der Waals surface area (Å²) in [5.74, 6) is -0.622. The van der Waals surface area contributed by atoms with Crippen LogP contribution in [0.25, 0.3) is 10.9 Å². The number of hydrogen-bond acceptors (Lipinski definition) is 6. The number of carbonyl (C=O) groups excluding carboxylic acids is 1. The normalized spacial score (nSPS) is 12.4. The first kappa shape index (κ1) is 23.6. The molecule has 2 N–H and O–H groups in total. The minimum atomic E-state index is -4.01. The van der Waals surface area contributed by atoms with Crippen LogP contribution in [0.1, 0.15) is 34.8 Å². The van der Waals surface area contributed by atoms with Crippen molar-refractivity contribution >= 4 is 38.5 Å². The first-order chi connectivity index (χ1) is 16.2. The maximum Gasteiger partial charge on any atom is 0.338 e. The second-order valence-electron chi connectivity index (χ2n) is 7.47. The average Bonchev–Trinajstić information content (AvgIpc) is 2.83. The van der Waals surface area contributed by atoms with Gasteiger partial charge in [0, 0.05) is 6.54 Å². The van der Waals surface area contributed by atoms with Gasteiger partial charge in [-0.25, -0.2) is 22.9 Å². The number of rotatable bonds is 7. The van der Waals surface area contributed by atoms with Crippen molar-refractivity contribution in [2.75, 3.05) is 0 Å². The zero-order chi connectivity index (χ0) is 24.3. The first-order valence-corrected chi connectivity index (χ1v) is 12.1. The van der Waals surface area contributed by atoms with Gasteiger partial charge in [0.05, 0.1) is 21.5 Å². The van der Waals surface area contributed by atoms with Gasteiger partial charge in [-0.2, -0.15) is 0 Å². The Morgan fingerprint density at radius 3 is 2.56 bits per heavy atom. The molecule has 0 amide bonds. The van der Waals surface area contributed by atoms with E-state index in [-0.39, 0.29) is 33.4 Å². The number of esters is 1. The Morgan fingerprint density at radius 2 is 1.79 bits per heavy atom. The fourth-order valence-corrected chi connectivity index (χ4v) is 4.81. The van der Waals surface area contributed by atoms with Crippen LogP contribution in [0, 0.1) is 0 Å². The summed E-state index contributed by atoms with van der Waals surface area (Å²) in [7, 11) is -4.01. The van der Waals surface area contributed by atoms with Crippen molar-refractivity contribution < 1.29 is 17.9 Å². The number of benzene rings is 3. The Labute approximate surface area is 200 Å². The molecule has 174 valence electrons. The number of sulfonamides is 1. The van der Waals surface area contributed by atoms with E-state index in [0.29, 0.717) is 10.9 Å². The van der Waals surface area contributed by atoms with Crippen molar-refractivity contribution in [2.24, 2.45) is 0 Å². The number of carbonyl (C=O) groups is 1. The van der Waals surface area contributed by atoms with E-state index in [9.17, 15) is 18.0 Å². The monoisotopic (exact) mass is 497 g/mol. The lowest BCUT2D eigenvalue weighted by molar-refractivity contribution is 0.0319. The highest BCUT2D eigenvalue weighted by Gasteiger charge is 2.22. The van der Waals surface area contributed by atoms with Gasteiger partial charge < -0.3 is 9.72 Å². The molecule has 0 saturated heterocycles. The lowest BCUT2D eigenvalue weighted by Crippen LogP contribution is -2.24. The fraction of sp³-hybridized carbons (Fsp3) is 0.125. The van der Waals surface area contributed by atoms with Gasteiger partial charge >= 0.3 is 5.97 Å². The summed E-state index contributed by atoms with van der Waals surface area (Å²) >= 11 is 6.12. The fourth-order valence-electron chi connectivity index (χ4n) is 3.27. The lowest BCUT2D eigenvalue weighted by Gasteiger charge is -2.14. The molecular weight excluding hydrogens is 478 g/mol. The predicted molar refractivity (Wildman–Crippen MR) is 128 cm³/mol. The smallest absolute Gasteiger partial charge is 0.338 e. The number of aromatic nitrogens is 2. The van der Waals surface area contributed by atoms with Crippen molar-refractivity contribution in [3.8, 4) is 0 Å². The molecule has 8 nitrogen and oxygen atoms in total. The molecule has 0 bridgehead atoms. The Morgan fingerprint density at radius 1 is 1.09 bits per heavy atom. The van der Waals surface area contributed by atoms with Crippen LogP contribution in [0.5, 0.6) is 0 Å². The Bertz CT molecular complexity index is 1520. The van der Waals surface area contributed by atoms with Crippen molar-refractivity contribution in [1.29, 1.82) is 0 Å². The van der Waals surface area contributed by atoms with E-state index < -0.39 is 22.1 Å². The topological polar surface area (TPSA) is 118 Å². The molecule has 0 aliphatic carbocycles. The molecule has 1 aromatic heterocycles. The number of nitrogens with zero attached hydrogens (tertiary/aromatic N) is 1. The molecule has 0 spiro atoms. The zero-order valence-corrected chi connectivity index (χ0v) is 19.6. The maximum absolute atomic E-state index is 12.8. The quantitative estimate of drug-likeness (QED) is 0.373. The van der Waals surface area contributed by atoms with E-state index in [0.717, 1.165) is 11.6 Å². The van der Waals surface area contributed by atoms with Gasteiger partial charge in [0.2, 0.25) is 10.0 Å². The molecule has 10 heteroatoms. The molecule has 0 aliphatic rings. The van der Waals surface area contributed by atoms with Crippen LogP contribution in [0.15, 0.2) is 82.5 Å². The molecule has 3 aromatic carbocycles. The standard InChI is InChI=1S/C24H20ClN3O5S/c1-15(22-27-20-10-6-5-9-18(20)23(29)28-22)33-24(30)17-11-12-19(25)21(13-17)34(31,32)26-14-16-7-3-2-4-8-16/h2-13,15,26H,14H2,1H3,(H,27,28,29). The van der Waals surface area contributed by atoms with Crippen molar-refractivity contribution in [2.45, 2.75) is 24.5 Å². The molecule has 0 saturated carbocycles. The third kappa shape index (κ3) is 5.17. The summed E-state index contributed by atoms with van der Waals surface area (Å²) in [4.78, 5) is 31.8. The number of fused-ring (bicyclic) bond motifs is 1. The molecule has 1 heterocycles. The van der Waals surface area contributed by atoms with Crippen LogP contribution in [-0.2, 0) is 21.3 Å². The van der Waals surface area contributed by atoms with E-state index in [2.05, 4.69) is 14.7 Å². The van der Waals surface area contributed by atoms with Gasteiger partial charge in [-0.15, -0.1) is 0 Å². The maximum atomic E-state index is 12.8. The molecule has 4 rings (SSSR count). The summed E-state index contributed by atoms with van der Waals surface area (Å²) in [6.07, 6.45) is -0.892. The zero-order valence-electron chi connectivity index (χ0n) is 18.0. The van der Waals surface area contributed by atoms with Crippen LogP contribution in [0.4, 0.5) is 0 Å². The second kappa shape index (κ2) is 9.76. The van der Waals surface area contributed by atoms with Gasteiger partial charge in [0.15, 0.2) is 11.9 Å². The minimum Gasteiger partial charge on any atom is -0.451 e. The van der Waals surface area contributed by atoms with Gasteiger partial charge in [-0.1, -0.05) is 54.1 Å². The predicted octanol–water partition coefficient (Wildman–Crippen LogP) is 3.97. The number of H-pyrrole nitrogens is 1. The van der Waals surface area contributed by atoms with E-state index in [1.54, 1.807) is 55.5 Å². The van der Waals surface area contributed by atoms with Gasteiger partial charge in [-0.3, -0.25) is 4.79 Å². The highest BCUT2D eigenvalue weighted by Crippen LogP contribution is 2.24. The van der Waals surface area contributed by atoms with Crippen LogP contribution in [0.2, 0.25) is 5.02 Å². The largest absolute Gasteiger partial charge is 0.451 e. The summed E-state index contributed by atoms with van der Waals surface area (Å²) in [5, 5.41) is 0.381. The number of hydrogen-bond donors (Lipinski definition) is 2. The summed E-state index contributed by atoms with van der Waals surface area (Å²) in [6, 6.07) is 19.6. The van der Waals surface area contributed by atoms with Crippen molar-refractivity contribution in [3.63, 3.8) is 0 Å².